The smallest absolute Gasteiger partial charge is 0.164 e. The zero-order chi connectivity index (χ0) is 20.1. The second-order valence-corrected chi connectivity index (χ2v) is 8.90. The van der Waals surface area contributed by atoms with Crippen molar-refractivity contribution >= 4 is 11.0 Å². The summed E-state index contributed by atoms with van der Waals surface area (Å²) >= 11 is 0. The van der Waals surface area contributed by atoms with Crippen molar-refractivity contribution in [3.63, 3.8) is 0 Å². The highest BCUT2D eigenvalue weighted by Crippen LogP contribution is 2.49. The highest BCUT2D eigenvalue weighted by Gasteiger charge is 2.41. The molecule has 4 aromatic heterocycles. The summed E-state index contributed by atoms with van der Waals surface area (Å²) in [5.41, 5.74) is 2.85. The molecule has 3 aliphatic rings. The van der Waals surface area contributed by atoms with Crippen molar-refractivity contribution in [1.82, 2.24) is 34.5 Å². The van der Waals surface area contributed by atoms with Crippen molar-refractivity contribution in [2.75, 3.05) is 0 Å². The van der Waals surface area contributed by atoms with E-state index in [9.17, 15) is 0 Å². The van der Waals surface area contributed by atoms with E-state index < -0.39 is 0 Å². The van der Waals surface area contributed by atoms with E-state index in [1.165, 1.54) is 25.7 Å². The highest BCUT2D eigenvalue weighted by molar-refractivity contribution is 5.90. The van der Waals surface area contributed by atoms with Crippen LogP contribution < -0.4 is 0 Å². The number of aromatic amines is 1. The van der Waals surface area contributed by atoms with Gasteiger partial charge in [-0.05, 0) is 55.8 Å². The van der Waals surface area contributed by atoms with Gasteiger partial charge in [0.05, 0.1) is 0 Å². The molecule has 3 saturated carbocycles. The Bertz CT molecular complexity index is 1170. The molecule has 2 atom stereocenters. The fraction of sp³-hybridized carbons (Fsp3) is 0.435. The SMILES string of the molecule is CC1C2CCC(CC2)C1Cc1cc(-n2ccnc2)nc(-c2c[nH]c3ncncc23)n1. The van der Waals surface area contributed by atoms with Crippen LogP contribution in [-0.4, -0.2) is 34.5 Å². The lowest BCUT2D eigenvalue weighted by atomic mass is 9.58. The fourth-order valence-corrected chi connectivity index (χ4v) is 5.75. The topological polar surface area (TPSA) is 85.2 Å². The van der Waals surface area contributed by atoms with E-state index in [1.54, 1.807) is 18.9 Å². The summed E-state index contributed by atoms with van der Waals surface area (Å²) in [6, 6.07) is 2.13. The molecule has 30 heavy (non-hydrogen) atoms. The molecule has 0 aliphatic heterocycles. The third kappa shape index (κ3) is 2.91. The summed E-state index contributed by atoms with van der Waals surface area (Å²) in [6.45, 7) is 2.45. The molecule has 0 saturated heterocycles. The molecule has 4 aromatic rings. The van der Waals surface area contributed by atoms with Crippen LogP contribution in [0.4, 0.5) is 0 Å². The van der Waals surface area contributed by atoms with Gasteiger partial charge in [-0.15, -0.1) is 0 Å². The molecule has 0 aromatic carbocycles. The number of hydrogen-bond acceptors (Lipinski definition) is 5. The predicted molar refractivity (Wildman–Crippen MR) is 114 cm³/mol. The minimum absolute atomic E-state index is 0.710. The zero-order valence-electron chi connectivity index (χ0n) is 17.1. The van der Waals surface area contributed by atoms with Gasteiger partial charge in [0.15, 0.2) is 5.82 Å². The Hall–Kier alpha value is -3.09. The number of aromatic nitrogens is 7. The maximum atomic E-state index is 5.03. The van der Waals surface area contributed by atoms with Crippen LogP contribution >= 0.6 is 0 Å². The molecule has 0 amide bonds. The molecule has 3 aliphatic carbocycles. The molecule has 152 valence electrons. The first-order chi connectivity index (χ1) is 14.8. The fourth-order valence-electron chi connectivity index (χ4n) is 5.75. The number of hydrogen-bond donors (Lipinski definition) is 1. The zero-order valence-corrected chi connectivity index (χ0v) is 17.1. The molecule has 7 rings (SSSR count). The number of nitrogens with zero attached hydrogens (tertiary/aromatic N) is 6. The quantitative estimate of drug-likeness (QED) is 0.555. The van der Waals surface area contributed by atoms with E-state index in [0.717, 1.165) is 52.3 Å². The van der Waals surface area contributed by atoms with Crippen LogP contribution in [0.25, 0.3) is 28.2 Å². The largest absolute Gasteiger partial charge is 0.345 e. The van der Waals surface area contributed by atoms with E-state index in [1.807, 2.05) is 23.2 Å². The molecule has 2 unspecified atom stereocenters. The monoisotopic (exact) mass is 399 g/mol. The van der Waals surface area contributed by atoms with Crippen LogP contribution in [0.3, 0.4) is 0 Å². The minimum Gasteiger partial charge on any atom is -0.345 e. The standard InChI is InChI=1S/C23H25N7/c1-14-15-2-4-16(5-3-15)18(14)8-17-9-21(30-7-6-24-13-30)29-23(28-17)20-11-26-22-19(20)10-25-12-27-22/h6-7,9-16,18H,2-5,8H2,1H3,(H,25,26,27). The van der Waals surface area contributed by atoms with Crippen molar-refractivity contribution in [2.45, 2.75) is 39.0 Å². The van der Waals surface area contributed by atoms with Crippen molar-refractivity contribution in [3.8, 4) is 17.2 Å². The van der Waals surface area contributed by atoms with Gasteiger partial charge >= 0.3 is 0 Å². The van der Waals surface area contributed by atoms with Crippen molar-refractivity contribution in [1.29, 1.82) is 0 Å². The van der Waals surface area contributed by atoms with Gasteiger partial charge in [0, 0.05) is 47.5 Å². The Morgan fingerprint density at radius 2 is 1.97 bits per heavy atom. The molecule has 3 fully saturated rings. The lowest BCUT2D eigenvalue weighted by Gasteiger charge is -2.47. The lowest BCUT2D eigenvalue weighted by molar-refractivity contribution is 0.0339. The van der Waals surface area contributed by atoms with E-state index in [-0.39, 0.29) is 0 Å². The van der Waals surface area contributed by atoms with Gasteiger partial charge < -0.3 is 4.98 Å². The maximum absolute atomic E-state index is 5.03. The van der Waals surface area contributed by atoms with Crippen LogP contribution in [0.5, 0.6) is 0 Å². The lowest BCUT2D eigenvalue weighted by Crippen LogP contribution is -2.39. The number of imidazole rings is 1. The van der Waals surface area contributed by atoms with E-state index in [2.05, 4.69) is 32.9 Å². The molecule has 0 spiro atoms. The number of H-pyrrole nitrogens is 1. The molecular weight excluding hydrogens is 374 g/mol. The Morgan fingerprint density at radius 1 is 1.10 bits per heavy atom. The second-order valence-electron chi connectivity index (χ2n) is 8.90. The Morgan fingerprint density at radius 3 is 2.77 bits per heavy atom. The van der Waals surface area contributed by atoms with E-state index >= 15 is 0 Å². The minimum atomic E-state index is 0.710. The molecule has 2 bridgehead atoms. The summed E-state index contributed by atoms with van der Waals surface area (Å²) in [6.07, 6.45) is 17.4. The summed E-state index contributed by atoms with van der Waals surface area (Å²) in [5, 5.41) is 0.941. The molecule has 1 N–H and O–H groups in total. The third-order valence-corrected chi connectivity index (χ3v) is 7.42. The second kappa shape index (κ2) is 7.00. The van der Waals surface area contributed by atoms with Crippen LogP contribution in [0.1, 0.15) is 38.3 Å². The van der Waals surface area contributed by atoms with Gasteiger partial charge in [0.25, 0.3) is 0 Å². The molecular formula is C23H25N7. The van der Waals surface area contributed by atoms with Crippen molar-refractivity contribution < 1.29 is 0 Å². The van der Waals surface area contributed by atoms with E-state index in [4.69, 9.17) is 9.97 Å². The average molecular weight is 400 g/mol. The van der Waals surface area contributed by atoms with E-state index in [0.29, 0.717) is 11.7 Å². The van der Waals surface area contributed by atoms with Gasteiger partial charge in [-0.3, -0.25) is 4.57 Å². The molecule has 4 heterocycles. The number of fused-ring (bicyclic) bond motifs is 4. The predicted octanol–water partition coefficient (Wildman–Crippen LogP) is 4.22. The average Bonchev–Trinajstić information content (AvgIpc) is 3.47. The van der Waals surface area contributed by atoms with Crippen LogP contribution in [0, 0.1) is 23.7 Å². The first-order valence-electron chi connectivity index (χ1n) is 10.9. The molecule has 0 radical (unpaired) electrons. The Labute approximate surface area is 175 Å². The van der Waals surface area contributed by atoms with Crippen LogP contribution in [0.2, 0.25) is 0 Å². The summed E-state index contributed by atoms with van der Waals surface area (Å²) in [5.74, 6) is 4.77. The maximum Gasteiger partial charge on any atom is 0.164 e. The van der Waals surface area contributed by atoms with Crippen molar-refractivity contribution in [3.05, 3.63) is 49.2 Å². The molecule has 7 nitrogen and oxygen atoms in total. The first kappa shape index (κ1) is 17.7. The summed E-state index contributed by atoms with van der Waals surface area (Å²) in [4.78, 5) is 25.8. The third-order valence-electron chi connectivity index (χ3n) is 7.42. The van der Waals surface area contributed by atoms with Crippen molar-refractivity contribution in [2.24, 2.45) is 23.7 Å². The Kier molecular flexibility index (Phi) is 4.14. The van der Waals surface area contributed by atoms with Gasteiger partial charge in [-0.25, -0.2) is 24.9 Å². The van der Waals surface area contributed by atoms with Gasteiger partial charge in [0.2, 0.25) is 0 Å². The number of nitrogens with one attached hydrogen (secondary N) is 1. The number of rotatable bonds is 4. The normalized spacial score (nSPS) is 25.8. The summed E-state index contributed by atoms with van der Waals surface area (Å²) in [7, 11) is 0. The van der Waals surface area contributed by atoms with Gasteiger partial charge in [0.1, 0.15) is 24.1 Å². The summed E-state index contributed by atoms with van der Waals surface area (Å²) < 4.78 is 1.95. The Balaban J connectivity index is 1.43. The van der Waals surface area contributed by atoms with Gasteiger partial charge in [-0.2, -0.15) is 0 Å². The van der Waals surface area contributed by atoms with Crippen LogP contribution in [-0.2, 0) is 6.42 Å². The van der Waals surface area contributed by atoms with Crippen LogP contribution in [0.15, 0.2) is 43.5 Å². The molecule has 7 heteroatoms. The highest BCUT2D eigenvalue weighted by atomic mass is 15.1. The van der Waals surface area contributed by atoms with Gasteiger partial charge in [-0.1, -0.05) is 6.92 Å². The first-order valence-corrected chi connectivity index (χ1v) is 10.9.